The van der Waals surface area contributed by atoms with Gasteiger partial charge in [0.25, 0.3) is 0 Å². The first kappa shape index (κ1) is 12.6. The van der Waals surface area contributed by atoms with Crippen molar-refractivity contribution < 1.29 is 9.13 Å². The highest BCUT2D eigenvalue weighted by Gasteiger charge is 2.09. The van der Waals surface area contributed by atoms with Crippen molar-refractivity contribution in [1.82, 2.24) is 0 Å². The van der Waals surface area contributed by atoms with Gasteiger partial charge in [-0.05, 0) is 44.2 Å². The lowest BCUT2D eigenvalue weighted by atomic mass is 10.1. The van der Waals surface area contributed by atoms with Gasteiger partial charge in [-0.25, -0.2) is 4.39 Å². The molecule has 94 valence electrons. The van der Waals surface area contributed by atoms with E-state index in [1.165, 1.54) is 6.07 Å². The fourth-order valence-corrected chi connectivity index (χ4v) is 1.75. The Morgan fingerprint density at radius 2 is 1.83 bits per heavy atom. The van der Waals surface area contributed by atoms with E-state index in [1.807, 2.05) is 31.2 Å². The Kier molecular flexibility index (Phi) is 3.95. The molecule has 0 atom stereocenters. The van der Waals surface area contributed by atoms with Gasteiger partial charge in [0.1, 0.15) is 17.3 Å². The van der Waals surface area contributed by atoms with Gasteiger partial charge in [-0.15, -0.1) is 0 Å². The first-order valence-corrected chi connectivity index (χ1v) is 5.92. The number of halogens is 1. The third-order valence-electron chi connectivity index (χ3n) is 2.72. The Hall–Kier alpha value is -1.87. The van der Waals surface area contributed by atoms with Crippen LogP contribution in [0.4, 0.5) is 4.39 Å². The molecule has 2 nitrogen and oxygen atoms in total. The van der Waals surface area contributed by atoms with Gasteiger partial charge in [-0.3, -0.25) is 0 Å². The Balaban J connectivity index is 2.28. The predicted molar refractivity (Wildman–Crippen MR) is 70.4 cm³/mol. The van der Waals surface area contributed by atoms with Gasteiger partial charge in [-0.1, -0.05) is 23.8 Å². The van der Waals surface area contributed by atoms with E-state index >= 15 is 0 Å². The zero-order valence-corrected chi connectivity index (χ0v) is 10.3. The van der Waals surface area contributed by atoms with Crippen LogP contribution in [0.2, 0.25) is 0 Å². The lowest BCUT2D eigenvalue weighted by Crippen LogP contribution is -2.06. The van der Waals surface area contributed by atoms with E-state index in [-0.39, 0.29) is 5.82 Å². The first-order chi connectivity index (χ1) is 8.70. The van der Waals surface area contributed by atoms with Gasteiger partial charge in [0.15, 0.2) is 0 Å². The number of benzene rings is 2. The summed E-state index contributed by atoms with van der Waals surface area (Å²) >= 11 is 0. The molecule has 0 bridgehead atoms. The minimum atomic E-state index is -0.273. The number of nitrogens with two attached hydrogens (primary N) is 1. The molecule has 0 aliphatic carbocycles. The molecule has 0 fully saturated rings. The third-order valence-corrected chi connectivity index (χ3v) is 2.72. The molecule has 3 heteroatoms. The Bertz CT molecular complexity index is 523. The summed E-state index contributed by atoms with van der Waals surface area (Å²) < 4.78 is 19.4. The van der Waals surface area contributed by atoms with Gasteiger partial charge in [0.2, 0.25) is 0 Å². The second-order valence-electron chi connectivity index (χ2n) is 4.17. The molecule has 0 aliphatic heterocycles. The maximum atomic E-state index is 13.7. The maximum Gasteiger partial charge on any atom is 0.133 e. The molecule has 0 unspecified atom stereocenters. The molecule has 0 aromatic heterocycles. The molecule has 2 aromatic rings. The smallest absolute Gasteiger partial charge is 0.133 e. The fourth-order valence-electron chi connectivity index (χ4n) is 1.75. The predicted octanol–water partition coefficient (Wildman–Crippen LogP) is 3.43. The van der Waals surface area contributed by atoms with Crippen LogP contribution in [-0.2, 0) is 6.42 Å². The summed E-state index contributed by atoms with van der Waals surface area (Å²) in [6.07, 6.45) is 0.466. The molecule has 2 aromatic carbocycles. The van der Waals surface area contributed by atoms with Crippen LogP contribution in [0.5, 0.6) is 11.5 Å². The van der Waals surface area contributed by atoms with Crippen LogP contribution in [0, 0.1) is 12.7 Å². The van der Waals surface area contributed by atoms with Crippen molar-refractivity contribution in [2.75, 3.05) is 6.54 Å². The summed E-state index contributed by atoms with van der Waals surface area (Å²) in [7, 11) is 0. The Morgan fingerprint density at radius 1 is 1.11 bits per heavy atom. The number of aryl methyl sites for hydroxylation is 1. The SMILES string of the molecule is Cc1ccc(Oc2cccc(F)c2CCN)cc1. The quantitative estimate of drug-likeness (QED) is 0.895. The molecule has 0 saturated heterocycles. The molecule has 18 heavy (non-hydrogen) atoms. The second-order valence-corrected chi connectivity index (χ2v) is 4.17. The molecule has 2 rings (SSSR count). The molecular formula is C15H16FNO. The van der Waals surface area contributed by atoms with Gasteiger partial charge in [0, 0.05) is 5.56 Å². The van der Waals surface area contributed by atoms with Crippen LogP contribution in [0.1, 0.15) is 11.1 Å². The van der Waals surface area contributed by atoms with Crippen molar-refractivity contribution in [2.45, 2.75) is 13.3 Å². The van der Waals surface area contributed by atoms with Crippen molar-refractivity contribution in [1.29, 1.82) is 0 Å². The third kappa shape index (κ3) is 2.87. The number of hydrogen-bond acceptors (Lipinski definition) is 2. The van der Waals surface area contributed by atoms with E-state index in [0.29, 0.717) is 30.0 Å². The lowest BCUT2D eigenvalue weighted by Gasteiger charge is -2.11. The highest BCUT2D eigenvalue weighted by atomic mass is 19.1. The molecule has 0 amide bonds. The topological polar surface area (TPSA) is 35.2 Å². The minimum Gasteiger partial charge on any atom is -0.457 e. The number of rotatable bonds is 4. The molecule has 2 N–H and O–H groups in total. The van der Waals surface area contributed by atoms with E-state index in [2.05, 4.69) is 0 Å². The second kappa shape index (κ2) is 5.65. The molecule has 0 radical (unpaired) electrons. The lowest BCUT2D eigenvalue weighted by molar-refractivity contribution is 0.467. The van der Waals surface area contributed by atoms with Crippen LogP contribution < -0.4 is 10.5 Å². The summed E-state index contributed by atoms with van der Waals surface area (Å²) in [5.41, 5.74) is 7.17. The normalized spacial score (nSPS) is 10.4. The van der Waals surface area contributed by atoms with Gasteiger partial charge < -0.3 is 10.5 Å². The largest absolute Gasteiger partial charge is 0.457 e. The first-order valence-electron chi connectivity index (χ1n) is 5.92. The summed E-state index contributed by atoms with van der Waals surface area (Å²) in [5.74, 6) is 0.957. The molecular weight excluding hydrogens is 229 g/mol. The Morgan fingerprint density at radius 3 is 2.50 bits per heavy atom. The van der Waals surface area contributed by atoms with Gasteiger partial charge in [0.05, 0.1) is 0 Å². The van der Waals surface area contributed by atoms with E-state index in [0.717, 1.165) is 5.56 Å². The van der Waals surface area contributed by atoms with Crippen LogP contribution in [0.25, 0.3) is 0 Å². The number of hydrogen-bond donors (Lipinski definition) is 1. The van der Waals surface area contributed by atoms with Crippen molar-refractivity contribution in [3.8, 4) is 11.5 Å². The van der Waals surface area contributed by atoms with E-state index in [1.54, 1.807) is 12.1 Å². The van der Waals surface area contributed by atoms with Crippen LogP contribution in [0.15, 0.2) is 42.5 Å². The standard InChI is InChI=1S/C15H16FNO/c1-11-5-7-12(8-6-11)18-15-4-2-3-14(16)13(15)9-10-17/h2-8H,9-10,17H2,1H3. The summed E-state index contributed by atoms with van der Waals surface area (Å²) in [4.78, 5) is 0. The summed E-state index contributed by atoms with van der Waals surface area (Å²) in [6, 6.07) is 12.5. The van der Waals surface area contributed by atoms with Crippen LogP contribution >= 0.6 is 0 Å². The van der Waals surface area contributed by atoms with Crippen molar-refractivity contribution >= 4 is 0 Å². The Labute approximate surface area is 106 Å². The zero-order valence-electron chi connectivity index (χ0n) is 10.3. The summed E-state index contributed by atoms with van der Waals surface area (Å²) in [5, 5.41) is 0. The van der Waals surface area contributed by atoms with E-state index < -0.39 is 0 Å². The molecule has 0 saturated carbocycles. The fraction of sp³-hybridized carbons (Fsp3) is 0.200. The summed E-state index contributed by atoms with van der Waals surface area (Å²) in [6.45, 7) is 2.40. The highest BCUT2D eigenvalue weighted by Crippen LogP contribution is 2.27. The monoisotopic (exact) mass is 245 g/mol. The molecule has 0 spiro atoms. The highest BCUT2D eigenvalue weighted by molar-refractivity contribution is 5.39. The van der Waals surface area contributed by atoms with Crippen molar-refractivity contribution in [3.63, 3.8) is 0 Å². The zero-order chi connectivity index (χ0) is 13.0. The van der Waals surface area contributed by atoms with E-state index in [4.69, 9.17) is 10.5 Å². The van der Waals surface area contributed by atoms with Gasteiger partial charge in [-0.2, -0.15) is 0 Å². The minimum absolute atomic E-state index is 0.273. The average Bonchev–Trinajstić information content (AvgIpc) is 2.36. The van der Waals surface area contributed by atoms with Gasteiger partial charge >= 0.3 is 0 Å². The maximum absolute atomic E-state index is 13.7. The molecule has 0 heterocycles. The average molecular weight is 245 g/mol. The van der Waals surface area contributed by atoms with Crippen molar-refractivity contribution in [3.05, 3.63) is 59.4 Å². The van der Waals surface area contributed by atoms with Crippen LogP contribution in [0.3, 0.4) is 0 Å². The van der Waals surface area contributed by atoms with Crippen molar-refractivity contribution in [2.24, 2.45) is 5.73 Å². The number of ether oxygens (including phenoxy) is 1. The van der Waals surface area contributed by atoms with Crippen LogP contribution in [-0.4, -0.2) is 6.54 Å². The molecule has 0 aliphatic rings. The van der Waals surface area contributed by atoms with E-state index in [9.17, 15) is 4.39 Å².